The summed E-state index contributed by atoms with van der Waals surface area (Å²) in [5.41, 5.74) is 1.43. The van der Waals surface area contributed by atoms with E-state index in [1.54, 1.807) is 0 Å². The van der Waals surface area contributed by atoms with Gasteiger partial charge in [0, 0.05) is 18.6 Å². The fourth-order valence-corrected chi connectivity index (χ4v) is 2.35. The molecular weight excluding hydrogens is 184 g/mol. The minimum atomic E-state index is 0.566. The number of likely N-dealkylation sites (N-methyl/N-ethyl adjacent to an activating group) is 1. The van der Waals surface area contributed by atoms with Gasteiger partial charge >= 0.3 is 0 Å². The van der Waals surface area contributed by atoms with E-state index in [0.29, 0.717) is 12.1 Å². The topological polar surface area (TPSA) is 15.3 Å². The molecule has 0 aromatic heterocycles. The Bertz CT molecular complexity index is 295. The fourth-order valence-electron chi connectivity index (χ4n) is 2.35. The van der Waals surface area contributed by atoms with Crippen molar-refractivity contribution >= 4 is 0 Å². The predicted octanol–water partition coefficient (Wildman–Crippen LogP) is 2.04. The van der Waals surface area contributed by atoms with Gasteiger partial charge in [-0.25, -0.2) is 0 Å². The van der Waals surface area contributed by atoms with Crippen LogP contribution in [0, 0.1) is 0 Å². The summed E-state index contributed by atoms with van der Waals surface area (Å²) in [6, 6.07) is 12.0. The maximum absolute atomic E-state index is 3.70. The molecule has 1 heterocycles. The summed E-state index contributed by atoms with van der Waals surface area (Å²) in [5, 5.41) is 3.70. The molecule has 0 bridgehead atoms. The summed E-state index contributed by atoms with van der Waals surface area (Å²) in [5.74, 6) is 0. The molecule has 1 aliphatic heterocycles. The molecule has 1 fully saturated rings. The molecule has 2 nitrogen and oxygen atoms in total. The fraction of sp³-hybridized carbons (Fsp3) is 0.538. The van der Waals surface area contributed by atoms with Crippen LogP contribution in [0.25, 0.3) is 0 Å². The Labute approximate surface area is 92.3 Å². The van der Waals surface area contributed by atoms with Crippen LogP contribution in [0.2, 0.25) is 0 Å². The molecule has 2 atom stereocenters. The Morgan fingerprint density at radius 2 is 1.93 bits per heavy atom. The van der Waals surface area contributed by atoms with Crippen LogP contribution in [0.15, 0.2) is 30.3 Å². The van der Waals surface area contributed by atoms with E-state index in [4.69, 9.17) is 0 Å². The Hall–Kier alpha value is -0.860. The molecule has 15 heavy (non-hydrogen) atoms. The second-order valence-corrected chi connectivity index (χ2v) is 4.67. The summed E-state index contributed by atoms with van der Waals surface area (Å²) in [6.45, 7) is 1.14. The van der Waals surface area contributed by atoms with Crippen LogP contribution in [0.1, 0.15) is 24.4 Å². The van der Waals surface area contributed by atoms with Gasteiger partial charge in [0.2, 0.25) is 0 Å². The first-order valence-corrected chi connectivity index (χ1v) is 5.71. The summed E-state index contributed by atoms with van der Waals surface area (Å²) in [7, 11) is 4.27. The SMILES string of the molecule is CN(C)C[C@@H]1CC[C@H](c2ccccc2)N1. The smallest absolute Gasteiger partial charge is 0.0323 e. The third kappa shape index (κ3) is 2.80. The van der Waals surface area contributed by atoms with Gasteiger partial charge in [0.05, 0.1) is 0 Å². The Kier molecular flexibility index (Phi) is 3.39. The third-order valence-corrected chi connectivity index (χ3v) is 3.03. The van der Waals surface area contributed by atoms with Crippen LogP contribution in [0.4, 0.5) is 0 Å². The molecule has 2 heteroatoms. The van der Waals surface area contributed by atoms with Crippen molar-refractivity contribution in [3.63, 3.8) is 0 Å². The van der Waals surface area contributed by atoms with Gasteiger partial charge < -0.3 is 10.2 Å². The van der Waals surface area contributed by atoms with E-state index in [2.05, 4.69) is 54.6 Å². The molecule has 1 N–H and O–H groups in total. The zero-order valence-electron chi connectivity index (χ0n) is 9.61. The third-order valence-electron chi connectivity index (χ3n) is 3.03. The van der Waals surface area contributed by atoms with Crippen molar-refractivity contribution in [2.75, 3.05) is 20.6 Å². The summed E-state index contributed by atoms with van der Waals surface area (Å²) >= 11 is 0. The monoisotopic (exact) mass is 204 g/mol. The summed E-state index contributed by atoms with van der Waals surface area (Å²) in [6.07, 6.45) is 2.56. The molecule has 1 aromatic rings. The normalized spacial score (nSPS) is 26.1. The largest absolute Gasteiger partial charge is 0.308 e. The lowest BCUT2D eigenvalue weighted by Gasteiger charge is -2.18. The molecule has 0 amide bonds. The maximum Gasteiger partial charge on any atom is 0.0323 e. The van der Waals surface area contributed by atoms with Crippen molar-refractivity contribution in [1.29, 1.82) is 0 Å². The first-order chi connectivity index (χ1) is 7.25. The average molecular weight is 204 g/mol. The van der Waals surface area contributed by atoms with E-state index in [9.17, 15) is 0 Å². The number of rotatable bonds is 3. The number of nitrogens with zero attached hydrogens (tertiary/aromatic N) is 1. The molecule has 1 aromatic carbocycles. The van der Waals surface area contributed by atoms with Gasteiger partial charge in [-0.05, 0) is 32.5 Å². The molecule has 0 radical (unpaired) electrons. The molecule has 1 aliphatic rings. The van der Waals surface area contributed by atoms with Crippen LogP contribution >= 0.6 is 0 Å². The summed E-state index contributed by atoms with van der Waals surface area (Å²) in [4.78, 5) is 2.26. The first-order valence-electron chi connectivity index (χ1n) is 5.71. The zero-order valence-corrected chi connectivity index (χ0v) is 9.61. The average Bonchev–Trinajstić information content (AvgIpc) is 2.67. The van der Waals surface area contributed by atoms with Gasteiger partial charge in [-0.15, -0.1) is 0 Å². The quantitative estimate of drug-likeness (QED) is 0.810. The highest BCUT2D eigenvalue weighted by molar-refractivity contribution is 5.20. The highest BCUT2D eigenvalue weighted by atomic mass is 15.1. The molecule has 0 spiro atoms. The Balaban J connectivity index is 1.93. The van der Waals surface area contributed by atoms with E-state index in [1.165, 1.54) is 18.4 Å². The standard InChI is InChI=1S/C13H20N2/c1-15(2)10-12-8-9-13(14-12)11-6-4-3-5-7-11/h3-7,12-14H,8-10H2,1-2H3/t12-,13+/m0/s1. The number of hydrogen-bond donors (Lipinski definition) is 1. The molecule has 1 saturated heterocycles. The Morgan fingerprint density at radius 3 is 2.60 bits per heavy atom. The predicted molar refractivity (Wildman–Crippen MR) is 63.9 cm³/mol. The van der Waals surface area contributed by atoms with E-state index in [0.717, 1.165) is 6.54 Å². The van der Waals surface area contributed by atoms with Gasteiger partial charge in [0.15, 0.2) is 0 Å². The van der Waals surface area contributed by atoms with Gasteiger partial charge in [0.1, 0.15) is 0 Å². The lowest BCUT2D eigenvalue weighted by atomic mass is 10.1. The second kappa shape index (κ2) is 4.77. The van der Waals surface area contributed by atoms with E-state index in [-0.39, 0.29) is 0 Å². The number of benzene rings is 1. The zero-order chi connectivity index (χ0) is 10.7. The van der Waals surface area contributed by atoms with Gasteiger partial charge in [-0.3, -0.25) is 0 Å². The summed E-state index contributed by atoms with van der Waals surface area (Å²) < 4.78 is 0. The van der Waals surface area contributed by atoms with Crippen molar-refractivity contribution in [2.24, 2.45) is 0 Å². The number of hydrogen-bond acceptors (Lipinski definition) is 2. The van der Waals surface area contributed by atoms with Gasteiger partial charge in [-0.2, -0.15) is 0 Å². The van der Waals surface area contributed by atoms with Gasteiger partial charge in [0.25, 0.3) is 0 Å². The van der Waals surface area contributed by atoms with E-state index >= 15 is 0 Å². The van der Waals surface area contributed by atoms with Crippen LogP contribution in [0.5, 0.6) is 0 Å². The molecule has 82 valence electrons. The lowest BCUT2D eigenvalue weighted by molar-refractivity contribution is 0.351. The van der Waals surface area contributed by atoms with Crippen molar-refractivity contribution in [2.45, 2.75) is 24.9 Å². The van der Waals surface area contributed by atoms with Crippen molar-refractivity contribution in [1.82, 2.24) is 10.2 Å². The van der Waals surface area contributed by atoms with E-state index in [1.807, 2.05) is 0 Å². The molecule has 0 aliphatic carbocycles. The maximum atomic E-state index is 3.70. The van der Waals surface area contributed by atoms with Crippen LogP contribution in [-0.2, 0) is 0 Å². The van der Waals surface area contributed by atoms with Crippen LogP contribution < -0.4 is 5.32 Å². The second-order valence-electron chi connectivity index (χ2n) is 4.67. The lowest BCUT2D eigenvalue weighted by Crippen LogP contribution is -2.34. The molecular formula is C13H20N2. The molecule has 0 saturated carbocycles. The number of nitrogens with one attached hydrogen (secondary N) is 1. The Morgan fingerprint density at radius 1 is 1.20 bits per heavy atom. The van der Waals surface area contributed by atoms with Gasteiger partial charge in [-0.1, -0.05) is 30.3 Å². The molecule has 0 unspecified atom stereocenters. The van der Waals surface area contributed by atoms with Crippen molar-refractivity contribution in [3.05, 3.63) is 35.9 Å². The highest BCUT2D eigenvalue weighted by Gasteiger charge is 2.24. The minimum absolute atomic E-state index is 0.566. The van der Waals surface area contributed by atoms with Crippen molar-refractivity contribution < 1.29 is 0 Å². The van der Waals surface area contributed by atoms with Crippen LogP contribution in [-0.4, -0.2) is 31.6 Å². The van der Waals surface area contributed by atoms with Crippen molar-refractivity contribution in [3.8, 4) is 0 Å². The highest BCUT2D eigenvalue weighted by Crippen LogP contribution is 2.26. The first kappa shape index (κ1) is 10.7. The van der Waals surface area contributed by atoms with E-state index < -0.39 is 0 Å². The van der Waals surface area contributed by atoms with Crippen LogP contribution in [0.3, 0.4) is 0 Å². The molecule has 2 rings (SSSR count). The minimum Gasteiger partial charge on any atom is -0.308 e.